The van der Waals surface area contributed by atoms with Gasteiger partial charge < -0.3 is 20.5 Å². The Kier molecular flexibility index (Phi) is 7.00. The van der Waals surface area contributed by atoms with Crippen molar-refractivity contribution in [3.63, 3.8) is 0 Å². The molecule has 0 aliphatic rings. The third-order valence-corrected chi connectivity index (χ3v) is 4.51. The average Bonchev–Trinajstić information content (AvgIpc) is 2.51. The van der Waals surface area contributed by atoms with E-state index < -0.39 is 15.6 Å². The Morgan fingerprint density at radius 2 is 1.83 bits per heavy atom. The molecule has 0 aliphatic carbocycles. The molecule has 0 bridgehead atoms. The van der Waals surface area contributed by atoms with Gasteiger partial charge in [-0.2, -0.15) is 0 Å². The molecule has 0 aliphatic heterocycles. The van der Waals surface area contributed by atoms with E-state index in [0.29, 0.717) is 18.0 Å². The Balaban J connectivity index is 2.63. The molecule has 0 saturated heterocycles. The van der Waals surface area contributed by atoms with Gasteiger partial charge >= 0.3 is 0 Å². The fourth-order valence-corrected chi connectivity index (χ4v) is 2.83. The minimum Gasteiger partial charge on any atom is -0.493 e. The van der Waals surface area contributed by atoms with Gasteiger partial charge in [0.2, 0.25) is 15.9 Å². The fraction of sp³-hybridized carbons (Fsp3) is 0.533. The van der Waals surface area contributed by atoms with Gasteiger partial charge in [-0.1, -0.05) is 0 Å². The summed E-state index contributed by atoms with van der Waals surface area (Å²) in [5.41, 5.74) is 5.24. The quantitative estimate of drug-likeness (QED) is 0.580. The Morgan fingerprint density at radius 3 is 2.38 bits per heavy atom. The SMILES string of the molecule is COc1ccc(S(=O)(=O)NCCC(=O)NCC(C)(C)N)cc1OC. The van der Waals surface area contributed by atoms with Crippen molar-refractivity contribution in [2.75, 3.05) is 27.3 Å². The van der Waals surface area contributed by atoms with Crippen LogP contribution in [0, 0.1) is 0 Å². The van der Waals surface area contributed by atoms with Crippen LogP contribution in [-0.4, -0.2) is 47.2 Å². The molecule has 0 fully saturated rings. The summed E-state index contributed by atoms with van der Waals surface area (Å²) in [5.74, 6) is 0.465. The third kappa shape index (κ3) is 6.34. The lowest BCUT2D eigenvalue weighted by Gasteiger charge is -2.18. The average molecular weight is 359 g/mol. The van der Waals surface area contributed by atoms with Crippen molar-refractivity contribution in [2.45, 2.75) is 30.7 Å². The van der Waals surface area contributed by atoms with E-state index in [-0.39, 0.29) is 23.8 Å². The normalized spacial score (nSPS) is 11.9. The first-order valence-corrected chi connectivity index (χ1v) is 8.84. The van der Waals surface area contributed by atoms with Gasteiger partial charge in [0.1, 0.15) is 0 Å². The molecule has 8 nitrogen and oxygen atoms in total. The van der Waals surface area contributed by atoms with Gasteiger partial charge in [-0.3, -0.25) is 4.79 Å². The monoisotopic (exact) mass is 359 g/mol. The second-order valence-corrected chi connectivity index (χ2v) is 7.70. The molecule has 1 aromatic carbocycles. The van der Waals surface area contributed by atoms with Crippen LogP contribution in [0.2, 0.25) is 0 Å². The number of ether oxygens (including phenoxy) is 2. The van der Waals surface area contributed by atoms with Crippen molar-refractivity contribution < 1.29 is 22.7 Å². The van der Waals surface area contributed by atoms with Crippen LogP contribution >= 0.6 is 0 Å². The zero-order chi connectivity index (χ0) is 18.4. The maximum Gasteiger partial charge on any atom is 0.240 e. The highest BCUT2D eigenvalue weighted by molar-refractivity contribution is 7.89. The van der Waals surface area contributed by atoms with Crippen LogP contribution in [0.3, 0.4) is 0 Å². The molecular formula is C15H25N3O5S. The van der Waals surface area contributed by atoms with Crippen molar-refractivity contribution in [3.05, 3.63) is 18.2 Å². The number of carbonyl (C=O) groups excluding carboxylic acids is 1. The smallest absolute Gasteiger partial charge is 0.240 e. The highest BCUT2D eigenvalue weighted by atomic mass is 32.2. The van der Waals surface area contributed by atoms with Crippen molar-refractivity contribution >= 4 is 15.9 Å². The fourth-order valence-electron chi connectivity index (χ4n) is 1.78. The van der Waals surface area contributed by atoms with E-state index in [4.69, 9.17) is 15.2 Å². The standard InChI is InChI=1S/C15H25N3O5S/c1-15(2,16)10-17-14(19)7-8-18-24(20,21)11-5-6-12(22-3)13(9-11)23-4/h5-6,9,18H,7-8,10,16H2,1-4H3,(H,17,19). The summed E-state index contributed by atoms with van der Waals surface area (Å²) in [6.07, 6.45) is 0.0165. The maximum absolute atomic E-state index is 12.2. The minimum absolute atomic E-state index is 0.0165. The summed E-state index contributed by atoms with van der Waals surface area (Å²) < 4.78 is 37.0. The predicted octanol–water partition coefficient (Wildman–Crippen LogP) is 0.226. The van der Waals surface area contributed by atoms with Gasteiger partial charge in [-0.25, -0.2) is 13.1 Å². The van der Waals surface area contributed by atoms with Gasteiger partial charge in [0, 0.05) is 31.1 Å². The number of sulfonamides is 1. The Hall–Kier alpha value is -1.84. The second kappa shape index (κ2) is 8.32. The summed E-state index contributed by atoms with van der Waals surface area (Å²) >= 11 is 0. The first kappa shape index (κ1) is 20.2. The first-order valence-electron chi connectivity index (χ1n) is 7.36. The zero-order valence-corrected chi connectivity index (χ0v) is 15.2. The van der Waals surface area contributed by atoms with E-state index in [0.717, 1.165) is 0 Å². The van der Waals surface area contributed by atoms with Gasteiger partial charge in [-0.15, -0.1) is 0 Å². The van der Waals surface area contributed by atoms with Crippen LogP contribution in [0.25, 0.3) is 0 Å². The van der Waals surface area contributed by atoms with Crippen molar-refractivity contribution in [2.24, 2.45) is 5.73 Å². The number of rotatable bonds is 9. The molecule has 1 rings (SSSR count). The van der Waals surface area contributed by atoms with Crippen LogP contribution < -0.4 is 25.2 Å². The molecule has 0 aromatic heterocycles. The van der Waals surface area contributed by atoms with Crippen LogP contribution in [0.15, 0.2) is 23.1 Å². The molecule has 24 heavy (non-hydrogen) atoms. The maximum atomic E-state index is 12.2. The molecule has 4 N–H and O–H groups in total. The van der Waals surface area contributed by atoms with Crippen molar-refractivity contribution in [1.29, 1.82) is 0 Å². The zero-order valence-electron chi connectivity index (χ0n) is 14.4. The Morgan fingerprint density at radius 1 is 1.21 bits per heavy atom. The highest BCUT2D eigenvalue weighted by Gasteiger charge is 2.17. The van der Waals surface area contributed by atoms with Crippen molar-refractivity contribution in [1.82, 2.24) is 10.0 Å². The molecule has 0 saturated carbocycles. The van der Waals surface area contributed by atoms with E-state index in [9.17, 15) is 13.2 Å². The minimum atomic E-state index is -3.75. The second-order valence-electron chi connectivity index (χ2n) is 5.93. The number of methoxy groups -OCH3 is 2. The number of carbonyl (C=O) groups is 1. The number of nitrogens with one attached hydrogen (secondary N) is 2. The summed E-state index contributed by atoms with van der Waals surface area (Å²) in [4.78, 5) is 11.7. The number of benzene rings is 1. The van der Waals surface area contributed by atoms with Gasteiger partial charge in [-0.05, 0) is 26.0 Å². The summed E-state index contributed by atoms with van der Waals surface area (Å²) in [6.45, 7) is 3.86. The molecule has 9 heteroatoms. The summed E-state index contributed by atoms with van der Waals surface area (Å²) in [6, 6.07) is 4.27. The first-order chi connectivity index (χ1) is 11.1. The molecule has 1 aromatic rings. The van der Waals surface area contributed by atoms with Gasteiger partial charge in [0.15, 0.2) is 11.5 Å². The van der Waals surface area contributed by atoms with E-state index in [1.165, 1.54) is 32.4 Å². The predicted molar refractivity (Wildman–Crippen MR) is 90.6 cm³/mol. The molecular weight excluding hydrogens is 334 g/mol. The van der Waals surface area contributed by atoms with E-state index in [2.05, 4.69) is 10.0 Å². The third-order valence-electron chi connectivity index (χ3n) is 3.05. The lowest BCUT2D eigenvalue weighted by Crippen LogP contribution is -2.45. The van der Waals surface area contributed by atoms with Crippen LogP contribution in [-0.2, 0) is 14.8 Å². The highest BCUT2D eigenvalue weighted by Crippen LogP contribution is 2.29. The van der Waals surface area contributed by atoms with E-state index >= 15 is 0 Å². The van der Waals surface area contributed by atoms with Gasteiger partial charge in [0.25, 0.3) is 0 Å². The number of nitrogens with two attached hydrogens (primary N) is 1. The lowest BCUT2D eigenvalue weighted by molar-refractivity contribution is -0.121. The molecule has 136 valence electrons. The topological polar surface area (TPSA) is 120 Å². The largest absolute Gasteiger partial charge is 0.493 e. The van der Waals surface area contributed by atoms with E-state index in [1.54, 1.807) is 13.8 Å². The van der Waals surface area contributed by atoms with Crippen LogP contribution in [0.5, 0.6) is 11.5 Å². The molecule has 1 amide bonds. The van der Waals surface area contributed by atoms with Gasteiger partial charge in [0.05, 0.1) is 19.1 Å². The summed E-state index contributed by atoms with van der Waals surface area (Å²) in [5, 5.41) is 2.65. The van der Waals surface area contributed by atoms with Crippen LogP contribution in [0.1, 0.15) is 20.3 Å². The van der Waals surface area contributed by atoms with Crippen molar-refractivity contribution in [3.8, 4) is 11.5 Å². The molecule has 0 atom stereocenters. The number of hydrogen-bond donors (Lipinski definition) is 3. The Bertz CT molecular complexity index is 668. The molecule has 0 spiro atoms. The molecule has 0 unspecified atom stereocenters. The molecule has 0 radical (unpaired) electrons. The Labute approximate surface area is 142 Å². The molecule has 0 heterocycles. The van der Waals surface area contributed by atoms with E-state index in [1.807, 2.05) is 0 Å². The van der Waals surface area contributed by atoms with Crippen LogP contribution in [0.4, 0.5) is 0 Å². The number of amides is 1. The number of hydrogen-bond acceptors (Lipinski definition) is 6. The summed E-state index contributed by atoms with van der Waals surface area (Å²) in [7, 11) is -0.862. The lowest BCUT2D eigenvalue weighted by atomic mass is 10.1.